The SMILES string of the molecule is CC(C(=O)Nc1cc(C(F)(F)F)ccc1C(=O)O)C1CC1. The predicted octanol–water partition coefficient (Wildman–Crippen LogP) is 3.39. The molecule has 1 aromatic rings. The Morgan fingerprint density at radius 2 is 1.95 bits per heavy atom. The smallest absolute Gasteiger partial charge is 0.416 e. The molecule has 1 aliphatic rings. The van der Waals surface area contributed by atoms with E-state index < -0.39 is 23.6 Å². The van der Waals surface area contributed by atoms with Crippen LogP contribution in [-0.4, -0.2) is 17.0 Å². The van der Waals surface area contributed by atoms with Crippen molar-refractivity contribution in [1.82, 2.24) is 0 Å². The van der Waals surface area contributed by atoms with Gasteiger partial charge in [-0.25, -0.2) is 4.79 Å². The van der Waals surface area contributed by atoms with Crippen molar-refractivity contribution in [1.29, 1.82) is 0 Å². The first-order valence-electron chi connectivity index (χ1n) is 6.45. The van der Waals surface area contributed by atoms with Crippen LogP contribution in [0, 0.1) is 11.8 Å². The van der Waals surface area contributed by atoms with Crippen molar-refractivity contribution in [2.45, 2.75) is 25.9 Å². The van der Waals surface area contributed by atoms with Crippen molar-refractivity contribution in [3.8, 4) is 0 Å². The number of anilines is 1. The fourth-order valence-corrected chi connectivity index (χ4v) is 2.07. The zero-order chi connectivity index (χ0) is 15.8. The molecule has 1 atom stereocenters. The molecule has 0 bridgehead atoms. The average Bonchev–Trinajstić information content (AvgIpc) is 3.20. The number of alkyl halides is 3. The lowest BCUT2D eigenvalue weighted by Crippen LogP contribution is -2.23. The number of nitrogens with one attached hydrogen (secondary N) is 1. The summed E-state index contributed by atoms with van der Waals surface area (Å²) in [6.07, 6.45) is -2.79. The first-order chi connectivity index (χ1) is 9.70. The number of carbonyl (C=O) groups excluding carboxylic acids is 1. The Morgan fingerprint density at radius 3 is 2.43 bits per heavy atom. The highest BCUT2D eigenvalue weighted by atomic mass is 19.4. The Morgan fingerprint density at radius 1 is 1.33 bits per heavy atom. The van der Waals surface area contributed by atoms with E-state index in [2.05, 4.69) is 5.32 Å². The van der Waals surface area contributed by atoms with Gasteiger partial charge in [0.05, 0.1) is 16.8 Å². The molecule has 7 heteroatoms. The van der Waals surface area contributed by atoms with Gasteiger partial charge in [0.15, 0.2) is 0 Å². The molecule has 1 saturated carbocycles. The predicted molar refractivity (Wildman–Crippen MR) is 68.9 cm³/mol. The standard InChI is InChI=1S/C14H14F3NO3/c1-7(8-2-3-8)12(19)18-11-6-9(14(15,16)17)4-5-10(11)13(20)21/h4-8H,2-3H2,1H3,(H,18,19)(H,20,21). The highest BCUT2D eigenvalue weighted by Crippen LogP contribution is 2.37. The van der Waals surface area contributed by atoms with Gasteiger partial charge in [-0.05, 0) is 37.0 Å². The summed E-state index contributed by atoms with van der Waals surface area (Å²) in [5, 5.41) is 11.3. The van der Waals surface area contributed by atoms with Crippen molar-refractivity contribution < 1.29 is 27.9 Å². The number of amides is 1. The lowest BCUT2D eigenvalue weighted by Gasteiger charge is -2.15. The maximum atomic E-state index is 12.7. The summed E-state index contributed by atoms with van der Waals surface area (Å²) in [6, 6.07) is 2.19. The van der Waals surface area contributed by atoms with Gasteiger partial charge in [0.2, 0.25) is 5.91 Å². The van der Waals surface area contributed by atoms with Crippen LogP contribution < -0.4 is 5.32 Å². The second kappa shape index (κ2) is 5.38. The third kappa shape index (κ3) is 3.53. The van der Waals surface area contributed by atoms with Crippen LogP contribution in [0.2, 0.25) is 0 Å². The van der Waals surface area contributed by atoms with Gasteiger partial charge in [-0.15, -0.1) is 0 Å². The molecule has 0 saturated heterocycles. The summed E-state index contributed by atoms with van der Waals surface area (Å²) in [5.74, 6) is -1.97. The molecule has 0 aromatic heterocycles. The van der Waals surface area contributed by atoms with E-state index in [1.807, 2.05) is 0 Å². The molecule has 1 aliphatic carbocycles. The maximum absolute atomic E-state index is 12.7. The molecular weight excluding hydrogens is 287 g/mol. The molecule has 114 valence electrons. The van der Waals surface area contributed by atoms with Crippen LogP contribution in [0.15, 0.2) is 18.2 Å². The Hall–Kier alpha value is -2.05. The number of carbonyl (C=O) groups is 2. The third-order valence-electron chi connectivity index (χ3n) is 3.58. The number of halogens is 3. The van der Waals surface area contributed by atoms with E-state index in [1.165, 1.54) is 0 Å². The second-order valence-corrected chi connectivity index (χ2v) is 5.18. The van der Waals surface area contributed by atoms with Gasteiger partial charge < -0.3 is 10.4 Å². The molecule has 1 fully saturated rings. The molecule has 0 aliphatic heterocycles. The van der Waals surface area contributed by atoms with Crippen LogP contribution in [0.4, 0.5) is 18.9 Å². The lowest BCUT2D eigenvalue weighted by molar-refractivity contribution is -0.137. The average molecular weight is 301 g/mol. The highest BCUT2D eigenvalue weighted by molar-refractivity contribution is 6.01. The minimum Gasteiger partial charge on any atom is -0.478 e. The largest absolute Gasteiger partial charge is 0.478 e. The van der Waals surface area contributed by atoms with Crippen molar-refractivity contribution >= 4 is 17.6 Å². The Kier molecular flexibility index (Phi) is 3.93. The minimum absolute atomic E-state index is 0.226. The number of carboxylic acid groups (broad SMARTS) is 1. The fourth-order valence-electron chi connectivity index (χ4n) is 2.07. The first kappa shape index (κ1) is 15.3. The summed E-state index contributed by atoms with van der Waals surface area (Å²) in [4.78, 5) is 23.0. The summed E-state index contributed by atoms with van der Waals surface area (Å²) in [5.41, 5.74) is -1.68. The van der Waals surface area contributed by atoms with Gasteiger partial charge in [-0.2, -0.15) is 13.2 Å². The van der Waals surface area contributed by atoms with E-state index in [1.54, 1.807) is 6.92 Å². The molecule has 4 nitrogen and oxygen atoms in total. The van der Waals surface area contributed by atoms with Crippen LogP contribution in [0.1, 0.15) is 35.7 Å². The summed E-state index contributed by atoms with van der Waals surface area (Å²) in [7, 11) is 0. The van der Waals surface area contributed by atoms with Crippen LogP contribution >= 0.6 is 0 Å². The third-order valence-corrected chi connectivity index (χ3v) is 3.58. The van der Waals surface area contributed by atoms with Gasteiger partial charge >= 0.3 is 12.1 Å². The van der Waals surface area contributed by atoms with Crippen LogP contribution in [0.5, 0.6) is 0 Å². The van der Waals surface area contributed by atoms with Crippen molar-refractivity contribution in [2.24, 2.45) is 11.8 Å². The topological polar surface area (TPSA) is 66.4 Å². The van der Waals surface area contributed by atoms with E-state index in [-0.39, 0.29) is 23.1 Å². The molecule has 1 aromatic carbocycles. The maximum Gasteiger partial charge on any atom is 0.416 e. The molecule has 0 radical (unpaired) electrons. The molecule has 2 N–H and O–H groups in total. The van der Waals surface area contributed by atoms with Crippen LogP contribution in [0.25, 0.3) is 0 Å². The van der Waals surface area contributed by atoms with Gasteiger partial charge in [-0.3, -0.25) is 4.79 Å². The monoisotopic (exact) mass is 301 g/mol. The Balaban J connectivity index is 2.30. The molecule has 1 unspecified atom stereocenters. The van der Waals surface area contributed by atoms with E-state index in [9.17, 15) is 22.8 Å². The fraction of sp³-hybridized carbons (Fsp3) is 0.429. The van der Waals surface area contributed by atoms with E-state index >= 15 is 0 Å². The summed E-state index contributed by atoms with van der Waals surface area (Å²) in [6.45, 7) is 1.68. The minimum atomic E-state index is -4.60. The lowest BCUT2D eigenvalue weighted by atomic mass is 10.0. The quantitative estimate of drug-likeness (QED) is 0.896. The van der Waals surface area contributed by atoms with Gasteiger partial charge in [0.25, 0.3) is 0 Å². The van der Waals surface area contributed by atoms with Crippen LogP contribution in [0.3, 0.4) is 0 Å². The van der Waals surface area contributed by atoms with E-state index in [0.29, 0.717) is 12.1 Å². The summed E-state index contributed by atoms with van der Waals surface area (Å²) < 4.78 is 38.0. The van der Waals surface area contributed by atoms with Gasteiger partial charge in [0.1, 0.15) is 0 Å². The Bertz CT molecular complexity index is 579. The molecule has 0 heterocycles. The zero-order valence-electron chi connectivity index (χ0n) is 11.2. The van der Waals surface area contributed by atoms with Crippen LogP contribution in [-0.2, 0) is 11.0 Å². The first-order valence-corrected chi connectivity index (χ1v) is 6.45. The number of aromatic carboxylic acids is 1. The van der Waals surface area contributed by atoms with Gasteiger partial charge in [-0.1, -0.05) is 6.92 Å². The number of hydrogen-bond donors (Lipinski definition) is 2. The molecular formula is C14H14F3NO3. The second-order valence-electron chi connectivity index (χ2n) is 5.18. The molecule has 21 heavy (non-hydrogen) atoms. The number of hydrogen-bond acceptors (Lipinski definition) is 2. The molecule has 2 rings (SSSR count). The number of benzene rings is 1. The number of rotatable bonds is 4. The summed E-state index contributed by atoms with van der Waals surface area (Å²) >= 11 is 0. The Labute approximate surface area is 119 Å². The van der Waals surface area contributed by atoms with Crippen molar-refractivity contribution in [2.75, 3.05) is 5.32 Å². The van der Waals surface area contributed by atoms with Gasteiger partial charge in [0, 0.05) is 5.92 Å². The zero-order valence-corrected chi connectivity index (χ0v) is 11.2. The molecule has 1 amide bonds. The number of carboxylic acids is 1. The molecule has 0 spiro atoms. The van der Waals surface area contributed by atoms with Crippen molar-refractivity contribution in [3.63, 3.8) is 0 Å². The normalized spacial score (nSPS) is 16.4. The van der Waals surface area contributed by atoms with E-state index in [4.69, 9.17) is 5.11 Å². The highest BCUT2D eigenvalue weighted by Gasteiger charge is 2.34. The van der Waals surface area contributed by atoms with Crippen molar-refractivity contribution in [3.05, 3.63) is 29.3 Å². The van der Waals surface area contributed by atoms with E-state index in [0.717, 1.165) is 18.9 Å².